The fourth-order valence-corrected chi connectivity index (χ4v) is 3.21. The Morgan fingerprint density at radius 1 is 1.34 bits per heavy atom. The summed E-state index contributed by atoms with van der Waals surface area (Å²) in [6.07, 6.45) is 0. The average Bonchev–Trinajstić information content (AvgIpc) is 2.67. The Morgan fingerprint density at radius 3 is 2.66 bits per heavy atom. The molecule has 1 amide bonds. The Labute approximate surface area is 171 Å². The molecule has 29 heavy (non-hydrogen) atoms. The van der Waals surface area contributed by atoms with Crippen molar-refractivity contribution in [2.45, 2.75) is 25.8 Å². The Kier molecular flexibility index (Phi) is 7.27. The highest BCUT2D eigenvalue weighted by Crippen LogP contribution is 2.25. The number of ether oxygens (including phenoxy) is 1. The summed E-state index contributed by atoms with van der Waals surface area (Å²) in [5.41, 5.74) is 1.74. The molecule has 0 aliphatic rings. The highest BCUT2D eigenvalue weighted by molar-refractivity contribution is 8.00. The van der Waals surface area contributed by atoms with Gasteiger partial charge in [0.15, 0.2) is 0 Å². The van der Waals surface area contributed by atoms with E-state index in [1.165, 1.54) is 24.3 Å². The fourth-order valence-electron chi connectivity index (χ4n) is 2.41. The number of nitro groups is 1. The standard InChI is InChI=1S/C19H18N4O5S/c1-4-28-19(25)15-8-13(9-20)18(21-12(15)3)29-10-17(24)22-16-6-5-14(23(26)27)7-11(16)2/h5-8H,4,10H2,1-3H3,(H,22,24). The van der Waals surface area contributed by atoms with E-state index in [9.17, 15) is 25.0 Å². The minimum Gasteiger partial charge on any atom is -0.462 e. The number of hydrogen-bond donors (Lipinski definition) is 1. The Hall–Kier alpha value is -3.45. The first-order valence-corrected chi connectivity index (χ1v) is 9.52. The van der Waals surface area contributed by atoms with Gasteiger partial charge in [-0.3, -0.25) is 14.9 Å². The van der Waals surface area contributed by atoms with Crippen LogP contribution in [0, 0.1) is 35.3 Å². The lowest BCUT2D eigenvalue weighted by Crippen LogP contribution is -2.15. The number of hydrogen-bond acceptors (Lipinski definition) is 8. The number of carbonyl (C=O) groups excluding carboxylic acids is 2. The van der Waals surface area contributed by atoms with Crippen LogP contribution in [0.1, 0.15) is 34.1 Å². The number of non-ortho nitro benzene ring substituents is 1. The van der Waals surface area contributed by atoms with Crippen LogP contribution in [0.2, 0.25) is 0 Å². The lowest BCUT2D eigenvalue weighted by molar-refractivity contribution is -0.384. The SMILES string of the molecule is CCOC(=O)c1cc(C#N)c(SCC(=O)Nc2ccc([N+](=O)[O-])cc2C)nc1C. The molecular weight excluding hydrogens is 396 g/mol. The van der Waals surface area contributed by atoms with Crippen LogP contribution in [0.3, 0.4) is 0 Å². The van der Waals surface area contributed by atoms with Crippen molar-refractivity contribution in [2.75, 3.05) is 17.7 Å². The predicted molar refractivity (Wildman–Crippen MR) is 107 cm³/mol. The first-order chi connectivity index (χ1) is 13.8. The third-order valence-corrected chi connectivity index (χ3v) is 4.82. The number of aromatic nitrogens is 1. The number of thioether (sulfide) groups is 1. The molecule has 1 aromatic heterocycles. The summed E-state index contributed by atoms with van der Waals surface area (Å²) < 4.78 is 4.95. The summed E-state index contributed by atoms with van der Waals surface area (Å²) in [5.74, 6) is -0.947. The van der Waals surface area contributed by atoms with Gasteiger partial charge >= 0.3 is 5.97 Å². The maximum Gasteiger partial charge on any atom is 0.340 e. The molecule has 10 heteroatoms. The quantitative estimate of drug-likeness (QED) is 0.315. The molecule has 0 bridgehead atoms. The van der Waals surface area contributed by atoms with Gasteiger partial charge in [-0.15, -0.1) is 0 Å². The average molecular weight is 414 g/mol. The van der Waals surface area contributed by atoms with Crippen LogP contribution < -0.4 is 5.32 Å². The van der Waals surface area contributed by atoms with Gasteiger partial charge in [-0.2, -0.15) is 5.26 Å². The number of carbonyl (C=O) groups is 2. The van der Waals surface area contributed by atoms with Gasteiger partial charge in [0, 0.05) is 17.8 Å². The fraction of sp³-hybridized carbons (Fsp3) is 0.263. The smallest absolute Gasteiger partial charge is 0.340 e. The number of aryl methyl sites for hydroxylation is 2. The largest absolute Gasteiger partial charge is 0.462 e. The number of esters is 1. The van der Waals surface area contributed by atoms with E-state index in [0.29, 0.717) is 22.0 Å². The second-order valence-electron chi connectivity index (χ2n) is 5.90. The van der Waals surface area contributed by atoms with Crippen molar-refractivity contribution in [3.8, 4) is 6.07 Å². The number of amides is 1. The summed E-state index contributed by atoms with van der Waals surface area (Å²) >= 11 is 1.05. The summed E-state index contributed by atoms with van der Waals surface area (Å²) in [6, 6.07) is 7.52. The topological polar surface area (TPSA) is 135 Å². The monoisotopic (exact) mass is 414 g/mol. The molecule has 0 radical (unpaired) electrons. The minimum atomic E-state index is -0.558. The number of nitro benzene ring substituents is 1. The third-order valence-electron chi connectivity index (χ3n) is 3.83. The Morgan fingerprint density at radius 2 is 2.07 bits per heavy atom. The Balaban J connectivity index is 2.10. The number of benzene rings is 1. The van der Waals surface area contributed by atoms with Crippen LogP contribution in [0.25, 0.3) is 0 Å². The normalized spacial score (nSPS) is 10.1. The van der Waals surface area contributed by atoms with E-state index in [1.54, 1.807) is 20.8 Å². The van der Waals surface area contributed by atoms with E-state index in [4.69, 9.17) is 4.74 Å². The molecule has 0 saturated heterocycles. The number of nitrogens with zero attached hydrogens (tertiary/aromatic N) is 3. The van der Waals surface area contributed by atoms with Crippen LogP contribution in [0.5, 0.6) is 0 Å². The van der Waals surface area contributed by atoms with Gasteiger partial charge in [0.2, 0.25) is 5.91 Å². The van der Waals surface area contributed by atoms with Gasteiger partial charge in [0.1, 0.15) is 11.1 Å². The molecule has 2 rings (SSSR count). The van der Waals surface area contributed by atoms with Gasteiger partial charge in [-0.05, 0) is 38.5 Å². The van der Waals surface area contributed by atoms with E-state index < -0.39 is 10.9 Å². The van der Waals surface area contributed by atoms with Crippen LogP contribution in [0.4, 0.5) is 11.4 Å². The molecular formula is C19H18N4O5S. The summed E-state index contributed by atoms with van der Waals surface area (Å²) in [7, 11) is 0. The zero-order valence-corrected chi connectivity index (χ0v) is 16.8. The van der Waals surface area contributed by atoms with Gasteiger partial charge in [0.25, 0.3) is 5.69 Å². The van der Waals surface area contributed by atoms with Crippen molar-refractivity contribution in [1.82, 2.24) is 4.98 Å². The molecule has 1 N–H and O–H groups in total. The molecule has 9 nitrogen and oxygen atoms in total. The van der Waals surface area contributed by atoms with Crippen molar-refractivity contribution >= 4 is 35.0 Å². The molecule has 0 aliphatic heterocycles. The molecule has 0 unspecified atom stereocenters. The van der Waals surface area contributed by atoms with Crippen LogP contribution in [-0.2, 0) is 9.53 Å². The van der Waals surface area contributed by atoms with E-state index in [-0.39, 0.29) is 35.1 Å². The third kappa shape index (κ3) is 5.52. The zero-order chi connectivity index (χ0) is 21.6. The molecule has 2 aromatic rings. The van der Waals surface area contributed by atoms with Crippen molar-refractivity contribution in [2.24, 2.45) is 0 Å². The second-order valence-corrected chi connectivity index (χ2v) is 6.86. The minimum absolute atomic E-state index is 0.0314. The van der Waals surface area contributed by atoms with Crippen LogP contribution >= 0.6 is 11.8 Å². The van der Waals surface area contributed by atoms with Gasteiger partial charge in [-0.1, -0.05) is 11.8 Å². The molecule has 0 atom stereocenters. The lowest BCUT2D eigenvalue weighted by atomic mass is 10.1. The molecule has 1 heterocycles. The molecule has 1 aromatic carbocycles. The molecule has 150 valence electrons. The molecule has 0 aliphatic carbocycles. The maximum absolute atomic E-state index is 12.3. The summed E-state index contributed by atoms with van der Waals surface area (Å²) in [4.78, 5) is 38.7. The predicted octanol–water partition coefficient (Wildman–Crippen LogP) is 3.39. The maximum atomic E-state index is 12.3. The molecule has 0 fully saturated rings. The number of anilines is 1. The summed E-state index contributed by atoms with van der Waals surface area (Å²) in [5, 5.41) is 23.1. The first kappa shape index (κ1) is 21.8. The van der Waals surface area contributed by atoms with Crippen molar-refractivity contribution in [1.29, 1.82) is 5.26 Å². The van der Waals surface area contributed by atoms with E-state index >= 15 is 0 Å². The van der Waals surface area contributed by atoms with E-state index in [1.807, 2.05) is 6.07 Å². The van der Waals surface area contributed by atoms with Crippen molar-refractivity contribution in [3.63, 3.8) is 0 Å². The summed E-state index contributed by atoms with van der Waals surface area (Å²) in [6.45, 7) is 5.17. The molecule has 0 saturated carbocycles. The van der Waals surface area contributed by atoms with Gasteiger partial charge < -0.3 is 10.1 Å². The second kappa shape index (κ2) is 9.66. The van der Waals surface area contributed by atoms with E-state index in [0.717, 1.165) is 11.8 Å². The zero-order valence-electron chi connectivity index (χ0n) is 16.0. The van der Waals surface area contributed by atoms with Crippen LogP contribution in [-0.4, -0.2) is 34.1 Å². The number of rotatable bonds is 7. The van der Waals surface area contributed by atoms with Crippen molar-refractivity contribution in [3.05, 3.63) is 56.8 Å². The number of nitrogens with one attached hydrogen (secondary N) is 1. The number of pyridine rings is 1. The van der Waals surface area contributed by atoms with Gasteiger partial charge in [-0.25, -0.2) is 9.78 Å². The van der Waals surface area contributed by atoms with Crippen molar-refractivity contribution < 1.29 is 19.2 Å². The van der Waals surface area contributed by atoms with Crippen LogP contribution in [0.15, 0.2) is 29.3 Å². The highest BCUT2D eigenvalue weighted by atomic mass is 32.2. The lowest BCUT2D eigenvalue weighted by Gasteiger charge is -2.10. The molecule has 0 spiro atoms. The number of nitriles is 1. The first-order valence-electron chi connectivity index (χ1n) is 8.53. The van der Waals surface area contributed by atoms with E-state index in [2.05, 4.69) is 10.3 Å². The highest BCUT2D eigenvalue weighted by Gasteiger charge is 2.17. The van der Waals surface area contributed by atoms with Gasteiger partial charge in [0.05, 0.1) is 34.1 Å². The Bertz CT molecular complexity index is 1020.